The normalized spacial score (nSPS) is 11.7. The van der Waals surface area contributed by atoms with Gasteiger partial charge in [0.25, 0.3) is 5.91 Å². The first-order valence-corrected chi connectivity index (χ1v) is 6.34. The van der Waals surface area contributed by atoms with E-state index in [1.165, 1.54) is 18.2 Å². The molecule has 5 heteroatoms. The first-order valence-electron chi connectivity index (χ1n) is 6.34. The van der Waals surface area contributed by atoms with E-state index in [9.17, 15) is 19.1 Å². The van der Waals surface area contributed by atoms with Crippen LogP contribution in [0.3, 0.4) is 0 Å². The number of halogens is 1. The highest BCUT2D eigenvalue weighted by molar-refractivity contribution is 5.98. The smallest absolute Gasteiger partial charge is 0.330 e. The van der Waals surface area contributed by atoms with Gasteiger partial charge in [0.15, 0.2) is 6.04 Å². The Kier molecular flexibility index (Phi) is 4.33. The maximum Gasteiger partial charge on any atom is 0.330 e. The molecule has 4 nitrogen and oxygen atoms in total. The van der Waals surface area contributed by atoms with Crippen LogP contribution in [0.25, 0.3) is 0 Å². The lowest BCUT2D eigenvalue weighted by atomic mass is 10.0. The van der Waals surface area contributed by atoms with Crippen molar-refractivity contribution in [3.63, 3.8) is 0 Å². The third-order valence-corrected chi connectivity index (χ3v) is 3.09. The van der Waals surface area contributed by atoms with Gasteiger partial charge in [0.1, 0.15) is 5.82 Å². The van der Waals surface area contributed by atoms with Gasteiger partial charge in [-0.15, -0.1) is 0 Å². The monoisotopic (exact) mass is 287 g/mol. The molecular weight excluding hydrogens is 273 g/mol. The van der Waals surface area contributed by atoms with Crippen LogP contribution in [-0.2, 0) is 4.79 Å². The number of carbonyl (C=O) groups excluding carboxylic acids is 1. The summed E-state index contributed by atoms with van der Waals surface area (Å²) in [7, 11) is 0. The molecule has 0 aliphatic heterocycles. The highest BCUT2D eigenvalue weighted by Crippen LogP contribution is 2.16. The van der Waals surface area contributed by atoms with E-state index in [2.05, 4.69) is 5.32 Å². The quantitative estimate of drug-likeness (QED) is 0.908. The van der Waals surface area contributed by atoms with Crippen molar-refractivity contribution < 1.29 is 19.1 Å². The first kappa shape index (κ1) is 14.7. The Bertz CT molecular complexity index is 670. The molecule has 2 aromatic carbocycles. The molecule has 1 atom stereocenters. The number of aryl methyl sites for hydroxylation is 1. The fraction of sp³-hybridized carbons (Fsp3) is 0.125. The van der Waals surface area contributed by atoms with Crippen LogP contribution >= 0.6 is 0 Å². The predicted octanol–water partition coefficient (Wildman–Crippen LogP) is 2.69. The molecule has 21 heavy (non-hydrogen) atoms. The number of carboxylic acids is 1. The zero-order chi connectivity index (χ0) is 15.4. The van der Waals surface area contributed by atoms with E-state index in [4.69, 9.17) is 0 Å². The van der Waals surface area contributed by atoms with E-state index in [1.54, 1.807) is 37.3 Å². The van der Waals surface area contributed by atoms with Gasteiger partial charge in [-0.2, -0.15) is 0 Å². The summed E-state index contributed by atoms with van der Waals surface area (Å²) in [6.45, 7) is 1.59. The van der Waals surface area contributed by atoms with E-state index in [0.717, 1.165) is 0 Å². The summed E-state index contributed by atoms with van der Waals surface area (Å²) >= 11 is 0. The van der Waals surface area contributed by atoms with Crippen molar-refractivity contribution in [2.45, 2.75) is 13.0 Å². The lowest BCUT2D eigenvalue weighted by Crippen LogP contribution is -2.34. The van der Waals surface area contributed by atoms with Gasteiger partial charge in [0.05, 0.1) is 0 Å². The molecule has 0 heterocycles. The number of carbonyl (C=O) groups is 2. The molecule has 2 rings (SSSR count). The third-order valence-electron chi connectivity index (χ3n) is 3.09. The van der Waals surface area contributed by atoms with E-state index in [-0.39, 0.29) is 5.56 Å². The molecule has 0 aromatic heterocycles. The van der Waals surface area contributed by atoms with Gasteiger partial charge in [-0.1, -0.05) is 30.3 Å². The number of rotatable bonds is 4. The van der Waals surface area contributed by atoms with E-state index >= 15 is 0 Å². The Morgan fingerprint density at radius 3 is 2.38 bits per heavy atom. The van der Waals surface area contributed by atoms with Gasteiger partial charge in [-0.25, -0.2) is 9.18 Å². The lowest BCUT2D eigenvalue weighted by molar-refractivity contribution is -0.139. The van der Waals surface area contributed by atoms with Crippen LogP contribution in [0.4, 0.5) is 4.39 Å². The van der Waals surface area contributed by atoms with Crippen molar-refractivity contribution in [3.8, 4) is 0 Å². The SMILES string of the molecule is Cc1cc(F)ccc1C(=O)N[C@@H](C(=O)O)c1ccccc1. The highest BCUT2D eigenvalue weighted by Gasteiger charge is 2.23. The van der Waals surface area contributed by atoms with Crippen LogP contribution in [0, 0.1) is 12.7 Å². The minimum Gasteiger partial charge on any atom is -0.479 e. The Morgan fingerprint density at radius 1 is 1.14 bits per heavy atom. The van der Waals surface area contributed by atoms with E-state index < -0.39 is 23.7 Å². The summed E-state index contributed by atoms with van der Waals surface area (Å²) in [5.74, 6) is -2.15. The molecule has 0 aliphatic carbocycles. The zero-order valence-corrected chi connectivity index (χ0v) is 11.3. The summed E-state index contributed by atoms with van der Waals surface area (Å²) in [5, 5.41) is 11.7. The van der Waals surface area contributed by atoms with Gasteiger partial charge < -0.3 is 10.4 Å². The van der Waals surface area contributed by atoms with Crippen LogP contribution in [0.5, 0.6) is 0 Å². The van der Waals surface area contributed by atoms with E-state index in [0.29, 0.717) is 11.1 Å². The fourth-order valence-corrected chi connectivity index (χ4v) is 2.02. The summed E-state index contributed by atoms with van der Waals surface area (Å²) in [5.41, 5.74) is 1.17. The maximum absolute atomic E-state index is 13.0. The average molecular weight is 287 g/mol. The third kappa shape index (κ3) is 3.45. The summed E-state index contributed by atoms with van der Waals surface area (Å²) < 4.78 is 13.0. The number of hydrogen-bond donors (Lipinski definition) is 2. The summed E-state index contributed by atoms with van der Waals surface area (Å²) in [4.78, 5) is 23.5. The van der Waals surface area contributed by atoms with Crippen molar-refractivity contribution >= 4 is 11.9 Å². The van der Waals surface area contributed by atoms with Crippen LogP contribution in [0.15, 0.2) is 48.5 Å². The molecule has 0 spiro atoms. The van der Waals surface area contributed by atoms with Crippen molar-refractivity contribution in [1.82, 2.24) is 5.32 Å². The lowest BCUT2D eigenvalue weighted by Gasteiger charge is -2.15. The molecule has 108 valence electrons. The molecule has 0 bridgehead atoms. The molecule has 0 saturated heterocycles. The number of hydrogen-bond acceptors (Lipinski definition) is 2. The Labute approximate surface area is 121 Å². The number of aliphatic carboxylic acids is 1. The van der Waals surface area contributed by atoms with Crippen LogP contribution in [-0.4, -0.2) is 17.0 Å². The zero-order valence-electron chi connectivity index (χ0n) is 11.3. The molecule has 2 aromatic rings. The number of carboxylic acid groups (broad SMARTS) is 1. The van der Waals surface area contributed by atoms with Crippen LogP contribution < -0.4 is 5.32 Å². The van der Waals surface area contributed by atoms with Gasteiger partial charge in [0, 0.05) is 5.56 Å². The van der Waals surface area contributed by atoms with Crippen LogP contribution in [0.1, 0.15) is 27.5 Å². The van der Waals surface area contributed by atoms with Crippen molar-refractivity contribution in [1.29, 1.82) is 0 Å². The van der Waals surface area contributed by atoms with Crippen molar-refractivity contribution in [2.24, 2.45) is 0 Å². The summed E-state index contributed by atoms with van der Waals surface area (Å²) in [6, 6.07) is 11.0. The minimum atomic E-state index is -1.16. The second-order valence-electron chi connectivity index (χ2n) is 4.61. The van der Waals surface area contributed by atoms with Gasteiger partial charge in [0.2, 0.25) is 0 Å². The molecule has 0 saturated carbocycles. The molecule has 0 unspecified atom stereocenters. The maximum atomic E-state index is 13.0. The molecule has 0 radical (unpaired) electrons. The topological polar surface area (TPSA) is 66.4 Å². The van der Waals surface area contributed by atoms with Gasteiger partial charge >= 0.3 is 5.97 Å². The fourth-order valence-electron chi connectivity index (χ4n) is 2.02. The Balaban J connectivity index is 2.25. The molecular formula is C16H14FNO3. The van der Waals surface area contributed by atoms with Crippen molar-refractivity contribution in [2.75, 3.05) is 0 Å². The largest absolute Gasteiger partial charge is 0.479 e. The molecule has 0 aliphatic rings. The predicted molar refractivity (Wildman–Crippen MR) is 75.4 cm³/mol. The van der Waals surface area contributed by atoms with Crippen LogP contribution in [0.2, 0.25) is 0 Å². The molecule has 2 N–H and O–H groups in total. The second kappa shape index (κ2) is 6.17. The first-order chi connectivity index (χ1) is 9.99. The summed E-state index contributed by atoms with van der Waals surface area (Å²) in [6.07, 6.45) is 0. The number of benzene rings is 2. The standard InChI is InChI=1S/C16H14FNO3/c1-10-9-12(17)7-8-13(10)15(19)18-14(16(20)21)11-5-3-2-4-6-11/h2-9,14H,1H3,(H,18,19)(H,20,21)/t14-/m1/s1. The highest BCUT2D eigenvalue weighted by atomic mass is 19.1. The second-order valence-corrected chi connectivity index (χ2v) is 4.61. The van der Waals surface area contributed by atoms with Crippen molar-refractivity contribution in [3.05, 3.63) is 71.0 Å². The number of nitrogens with one attached hydrogen (secondary N) is 1. The van der Waals surface area contributed by atoms with E-state index in [1.807, 2.05) is 0 Å². The van der Waals surface area contributed by atoms with Gasteiger partial charge in [-0.05, 0) is 36.2 Å². The Morgan fingerprint density at radius 2 is 1.81 bits per heavy atom. The molecule has 0 fully saturated rings. The molecule has 1 amide bonds. The average Bonchev–Trinajstić information content (AvgIpc) is 2.45. The van der Waals surface area contributed by atoms with Gasteiger partial charge in [-0.3, -0.25) is 4.79 Å². The minimum absolute atomic E-state index is 0.249. The Hall–Kier alpha value is -2.69. The number of amides is 1.